The van der Waals surface area contributed by atoms with E-state index >= 15 is 0 Å². The molecule has 0 spiro atoms. The SMILES string of the molecule is Cc1cccc(-c2noc(CN3CCC(C(=O)Nc4ccccc4C(=O)NC(C)(C)C)CC3)n2)c1. The van der Waals surface area contributed by atoms with Crippen molar-refractivity contribution >= 4 is 17.5 Å². The number of piperidine rings is 1. The number of benzene rings is 2. The molecule has 1 fully saturated rings. The number of hydrogen-bond acceptors (Lipinski definition) is 6. The lowest BCUT2D eigenvalue weighted by Crippen LogP contribution is -2.41. The van der Waals surface area contributed by atoms with E-state index in [9.17, 15) is 9.59 Å². The van der Waals surface area contributed by atoms with Crippen molar-refractivity contribution < 1.29 is 14.1 Å². The second-order valence-electron chi connectivity index (χ2n) is 10.2. The van der Waals surface area contributed by atoms with E-state index in [0.717, 1.165) is 37.1 Å². The van der Waals surface area contributed by atoms with Crippen molar-refractivity contribution in [2.45, 2.75) is 52.6 Å². The Morgan fingerprint density at radius 3 is 2.54 bits per heavy atom. The monoisotopic (exact) mass is 475 g/mol. The maximum absolute atomic E-state index is 13.0. The Kier molecular flexibility index (Phi) is 7.31. The summed E-state index contributed by atoms with van der Waals surface area (Å²) in [6.45, 7) is 9.89. The number of para-hydroxylation sites is 1. The third-order valence-electron chi connectivity index (χ3n) is 5.98. The number of likely N-dealkylation sites (tertiary alicyclic amines) is 1. The molecule has 0 aliphatic carbocycles. The summed E-state index contributed by atoms with van der Waals surface area (Å²) < 4.78 is 5.47. The Balaban J connectivity index is 1.31. The summed E-state index contributed by atoms with van der Waals surface area (Å²) in [6, 6.07) is 15.1. The molecular formula is C27H33N5O3. The third-order valence-corrected chi connectivity index (χ3v) is 5.98. The Bertz CT molecular complexity index is 1190. The second-order valence-corrected chi connectivity index (χ2v) is 10.2. The number of carbonyl (C=O) groups excluding carboxylic acids is 2. The molecule has 35 heavy (non-hydrogen) atoms. The highest BCUT2D eigenvalue weighted by Gasteiger charge is 2.27. The molecular weight excluding hydrogens is 442 g/mol. The van der Waals surface area contributed by atoms with Crippen molar-refractivity contribution in [1.82, 2.24) is 20.4 Å². The molecule has 0 bridgehead atoms. The fourth-order valence-electron chi connectivity index (χ4n) is 4.20. The van der Waals surface area contributed by atoms with E-state index in [4.69, 9.17) is 4.52 Å². The molecule has 1 aliphatic rings. The summed E-state index contributed by atoms with van der Waals surface area (Å²) in [5.74, 6) is 0.791. The fraction of sp³-hybridized carbons (Fsp3) is 0.407. The highest BCUT2D eigenvalue weighted by Crippen LogP contribution is 2.24. The molecule has 2 aromatic carbocycles. The molecule has 1 aromatic heterocycles. The first kappa shape index (κ1) is 24.6. The number of carbonyl (C=O) groups is 2. The molecule has 184 valence electrons. The number of aromatic nitrogens is 2. The van der Waals surface area contributed by atoms with Gasteiger partial charge in [-0.05, 0) is 71.8 Å². The predicted octanol–water partition coefficient (Wildman–Crippen LogP) is 4.42. The van der Waals surface area contributed by atoms with Crippen LogP contribution in [0.4, 0.5) is 5.69 Å². The van der Waals surface area contributed by atoms with Gasteiger partial charge in [0.15, 0.2) is 0 Å². The van der Waals surface area contributed by atoms with Gasteiger partial charge in [0, 0.05) is 17.0 Å². The Hall–Kier alpha value is -3.52. The van der Waals surface area contributed by atoms with Crippen LogP contribution in [0.15, 0.2) is 53.1 Å². The molecule has 1 aliphatic heterocycles. The number of hydrogen-bond donors (Lipinski definition) is 2. The molecule has 8 nitrogen and oxygen atoms in total. The molecule has 0 unspecified atom stereocenters. The van der Waals surface area contributed by atoms with Crippen LogP contribution in [0.2, 0.25) is 0 Å². The van der Waals surface area contributed by atoms with Crippen molar-refractivity contribution in [2.24, 2.45) is 5.92 Å². The lowest BCUT2D eigenvalue weighted by atomic mass is 9.95. The van der Waals surface area contributed by atoms with E-state index in [-0.39, 0.29) is 23.3 Å². The first-order chi connectivity index (χ1) is 16.7. The Labute approximate surface area is 206 Å². The van der Waals surface area contributed by atoms with Crippen LogP contribution in [0.1, 0.15) is 55.4 Å². The highest BCUT2D eigenvalue weighted by molar-refractivity contribution is 6.04. The first-order valence-corrected chi connectivity index (χ1v) is 12.0. The number of amides is 2. The van der Waals surface area contributed by atoms with Gasteiger partial charge in [-0.1, -0.05) is 41.1 Å². The standard InChI is InChI=1S/C27H33N5O3/c1-18-8-7-9-20(16-18)24-29-23(35-31-24)17-32-14-12-19(13-15-32)25(33)28-22-11-6-5-10-21(22)26(34)30-27(2,3)4/h5-11,16,19H,12-15,17H2,1-4H3,(H,28,33)(H,30,34). The predicted molar refractivity (Wildman–Crippen MR) is 135 cm³/mol. The zero-order valence-corrected chi connectivity index (χ0v) is 20.8. The van der Waals surface area contributed by atoms with Gasteiger partial charge in [-0.2, -0.15) is 4.98 Å². The first-order valence-electron chi connectivity index (χ1n) is 12.0. The van der Waals surface area contributed by atoms with Crippen LogP contribution in [-0.4, -0.2) is 45.5 Å². The molecule has 2 heterocycles. The molecule has 3 aromatic rings. The normalized spacial score (nSPS) is 15.1. The van der Waals surface area contributed by atoms with Crippen LogP contribution in [0, 0.1) is 12.8 Å². The van der Waals surface area contributed by atoms with Crippen LogP contribution in [0.5, 0.6) is 0 Å². The average molecular weight is 476 g/mol. The molecule has 2 amide bonds. The summed E-state index contributed by atoms with van der Waals surface area (Å²) in [4.78, 5) is 32.4. The van der Waals surface area contributed by atoms with E-state index in [2.05, 4.69) is 25.7 Å². The molecule has 0 atom stereocenters. The van der Waals surface area contributed by atoms with Crippen LogP contribution in [0.3, 0.4) is 0 Å². The van der Waals surface area contributed by atoms with E-state index < -0.39 is 0 Å². The van der Waals surface area contributed by atoms with E-state index in [0.29, 0.717) is 29.5 Å². The van der Waals surface area contributed by atoms with Crippen molar-refractivity contribution in [2.75, 3.05) is 18.4 Å². The van der Waals surface area contributed by atoms with Gasteiger partial charge in [0.1, 0.15) is 0 Å². The minimum atomic E-state index is -0.361. The summed E-state index contributed by atoms with van der Waals surface area (Å²) in [5, 5.41) is 10.1. The smallest absolute Gasteiger partial charge is 0.253 e. The molecule has 8 heteroatoms. The number of nitrogens with one attached hydrogen (secondary N) is 2. The van der Waals surface area contributed by atoms with Gasteiger partial charge >= 0.3 is 0 Å². The lowest BCUT2D eigenvalue weighted by molar-refractivity contribution is -0.121. The maximum atomic E-state index is 13.0. The summed E-state index contributed by atoms with van der Waals surface area (Å²) in [6.07, 6.45) is 1.45. The molecule has 0 radical (unpaired) electrons. The fourth-order valence-corrected chi connectivity index (χ4v) is 4.20. The summed E-state index contributed by atoms with van der Waals surface area (Å²) in [5.41, 5.74) is 2.73. The number of anilines is 1. The number of aryl methyl sites for hydroxylation is 1. The lowest BCUT2D eigenvalue weighted by Gasteiger charge is -2.30. The van der Waals surface area contributed by atoms with Crippen LogP contribution in [-0.2, 0) is 11.3 Å². The highest BCUT2D eigenvalue weighted by atomic mass is 16.5. The molecule has 0 saturated carbocycles. The molecule has 2 N–H and O–H groups in total. The quantitative estimate of drug-likeness (QED) is 0.547. The van der Waals surface area contributed by atoms with Gasteiger partial charge in [-0.3, -0.25) is 14.5 Å². The van der Waals surface area contributed by atoms with Crippen LogP contribution >= 0.6 is 0 Å². The van der Waals surface area contributed by atoms with E-state index in [1.54, 1.807) is 18.2 Å². The van der Waals surface area contributed by atoms with Crippen molar-refractivity contribution in [1.29, 1.82) is 0 Å². The minimum absolute atomic E-state index is 0.0554. The second kappa shape index (κ2) is 10.4. The van der Waals surface area contributed by atoms with Crippen LogP contribution in [0.25, 0.3) is 11.4 Å². The van der Waals surface area contributed by atoms with Gasteiger partial charge in [0.05, 0.1) is 17.8 Å². The number of nitrogens with zero attached hydrogens (tertiary/aromatic N) is 3. The van der Waals surface area contributed by atoms with Gasteiger partial charge < -0.3 is 15.2 Å². The summed E-state index contributed by atoms with van der Waals surface area (Å²) in [7, 11) is 0. The average Bonchev–Trinajstić information content (AvgIpc) is 3.27. The van der Waals surface area contributed by atoms with Gasteiger partial charge in [0.25, 0.3) is 5.91 Å². The van der Waals surface area contributed by atoms with E-state index in [1.807, 2.05) is 58.0 Å². The Morgan fingerprint density at radius 1 is 1.09 bits per heavy atom. The van der Waals surface area contributed by atoms with Crippen molar-refractivity contribution in [3.63, 3.8) is 0 Å². The van der Waals surface area contributed by atoms with E-state index in [1.165, 1.54) is 0 Å². The maximum Gasteiger partial charge on any atom is 0.253 e. The molecule has 1 saturated heterocycles. The summed E-state index contributed by atoms with van der Waals surface area (Å²) >= 11 is 0. The van der Waals surface area contributed by atoms with Gasteiger partial charge in [-0.15, -0.1) is 0 Å². The van der Waals surface area contributed by atoms with Crippen molar-refractivity contribution in [3.05, 3.63) is 65.5 Å². The zero-order chi connectivity index (χ0) is 25.0. The zero-order valence-electron chi connectivity index (χ0n) is 20.8. The van der Waals surface area contributed by atoms with Crippen LogP contribution < -0.4 is 10.6 Å². The van der Waals surface area contributed by atoms with Gasteiger partial charge in [0.2, 0.25) is 17.6 Å². The Morgan fingerprint density at radius 2 is 1.83 bits per heavy atom. The third kappa shape index (κ3) is 6.54. The molecule has 4 rings (SSSR count). The largest absolute Gasteiger partial charge is 0.347 e. The van der Waals surface area contributed by atoms with Gasteiger partial charge in [-0.25, -0.2) is 0 Å². The minimum Gasteiger partial charge on any atom is -0.347 e. The van der Waals surface area contributed by atoms with Crippen molar-refractivity contribution in [3.8, 4) is 11.4 Å². The topological polar surface area (TPSA) is 100 Å². The number of rotatable bonds is 6.